The van der Waals surface area contributed by atoms with Crippen molar-refractivity contribution >= 4 is 10.8 Å². The highest BCUT2D eigenvalue weighted by Crippen LogP contribution is 2.33. The predicted molar refractivity (Wildman–Crippen MR) is 126 cm³/mol. The Morgan fingerprint density at radius 3 is 2.22 bits per heavy atom. The summed E-state index contributed by atoms with van der Waals surface area (Å²) in [6.45, 7) is 8.98. The Balaban J connectivity index is 1.74. The summed E-state index contributed by atoms with van der Waals surface area (Å²) >= 11 is 0. The Labute approximate surface area is 188 Å². The minimum Gasteiger partial charge on any atom is -0.486 e. The first-order valence-corrected chi connectivity index (χ1v) is 10.9. The lowest BCUT2D eigenvalue weighted by Gasteiger charge is -2.21. The molecule has 0 saturated carbocycles. The first-order chi connectivity index (χ1) is 15.4. The quantitative estimate of drug-likeness (QED) is 0.418. The Hall–Kier alpha value is -3.25. The topological polar surface area (TPSA) is 52.0 Å². The Morgan fingerprint density at radius 2 is 1.59 bits per heavy atom. The van der Waals surface area contributed by atoms with Crippen LogP contribution in [0.3, 0.4) is 0 Å². The summed E-state index contributed by atoms with van der Waals surface area (Å²) in [6.07, 6.45) is 0.475. The highest BCUT2D eigenvalue weighted by Gasteiger charge is 2.19. The Bertz CT molecular complexity index is 1220. The van der Waals surface area contributed by atoms with E-state index in [1.54, 1.807) is 12.1 Å². The predicted octanol–water partition coefficient (Wildman–Crippen LogP) is 5.52. The van der Waals surface area contributed by atoms with Crippen molar-refractivity contribution in [3.63, 3.8) is 0 Å². The third kappa shape index (κ3) is 4.10. The molecule has 32 heavy (non-hydrogen) atoms. The van der Waals surface area contributed by atoms with Gasteiger partial charge in [0.1, 0.15) is 17.7 Å². The fourth-order valence-electron chi connectivity index (χ4n) is 4.50. The van der Waals surface area contributed by atoms with Gasteiger partial charge in [-0.25, -0.2) is 4.39 Å². The van der Waals surface area contributed by atoms with Gasteiger partial charge in [-0.1, -0.05) is 18.2 Å². The van der Waals surface area contributed by atoms with Gasteiger partial charge in [-0.3, -0.25) is 0 Å². The zero-order chi connectivity index (χ0) is 22.8. The van der Waals surface area contributed by atoms with Crippen LogP contribution in [-0.4, -0.2) is 28.4 Å². The van der Waals surface area contributed by atoms with E-state index in [0.29, 0.717) is 0 Å². The van der Waals surface area contributed by atoms with Gasteiger partial charge in [-0.2, -0.15) is 10.2 Å². The average Bonchev–Trinajstić information content (AvgIpc) is 3.05. The number of aromatic nitrogens is 3. The van der Waals surface area contributed by atoms with Crippen LogP contribution in [0.1, 0.15) is 40.9 Å². The van der Waals surface area contributed by atoms with Gasteiger partial charge in [-0.05, 0) is 71.1 Å². The standard InChI is InChI=1S/C26H29FN4O/c1-16-25-18(3)31(19(4)26(25)17(2)30-29-16)22-10-7-11-23(15-22)32-24(12-13-28-5)20-8-6-9-21(27)14-20/h6-11,14-15,24,28H,12-13H2,1-5H3. The van der Waals surface area contributed by atoms with E-state index in [1.807, 2.05) is 45.2 Å². The summed E-state index contributed by atoms with van der Waals surface area (Å²) in [7, 11) is 1.90. The van der Waals surface area contributed by atoms with Gasteiger partial charge >= 0.3 is 0 Å². The molecular weight excluding hydrogens is 403 g/mol. The number of halogens is 1. The maximum atomic E-state index is 13.8. The molecule has 0 aliphatic heterocycles. The molecule has 0 bridgehead atoms. The maximum Gasteiger partial charge on any atom is 0.125 e. The molecule has 2 heterocycles. The fourth-order valence-corrected chi connectivity index (χ4v) is 4.50. The van der Waals surface area contributed by atoms with Crippen LogP contribution in [0.15, 0.2) is 48.5 Å². The number of aryl methyl sites for hydroxylation is 4. The van der Waals surface area contributed by atoms with Gasteiger partial charge in [0.2, 0.25) is 0 Å². The molecule has 1 N–H and O–H groups in total. The Morgan fingerprint density at radius 1 is 0.938 bits per heavy atom. The first kappa shape index (κ1) is 22.0. The molecular formula is C26H29FN4O. The van der Waals surface area contributed by atoms with Gasteiger partial charge in [0.05, 0.1) is 11.4 Å². The third-order valence-electron chi connectivity index (χ3n) is 5.95. The van der Waals surface area contributed by atoms with Crippen LogP contribution in [0, 0.1) is 33.5 Å². The van der Waals surface area contributed by atoms with Crippen molar-refractivity contribution in [2.75, 3.05) is 13.6 Å². The number of nitrogens with zero attached hydrogens (tertiary/aromatic N) is 3. The molecule has 4 aromatic rings. The summed E-state index contributed by atoms with van der Waals surface area (Å²) in [6, 6.07) is 14.7. The molecule has 1 unspecified atom stereocenters. The van der Waals surface area contributed by atoms with Crippen molar-refractivity contribution in [3.05, 3.63) is 82.7 Å². The molecule has 0 amide bonds. The molecule has 0 aliphatic carbocycles. The lowest BCUT2D eigenvalue weighted by atomic mass is 10.1. The van der Waals surface area contributed by atoms with E-state index in [0.717, 1.165) is 63.5 Å². The summed E-state index contributed by atoms with van der Waals surface area (Å²) in [5, 5.41) is 14.1. The molecule has 0 radical (unpaired) electrons. The SMILES string of the molecule is CNCCC(Oc1cccc(-n2c(C)c3c(C)nnc(C)c3c2C)c1)c1cccc(F)c1. The van der Waals surface area contributed by atoms with Crippen LogP contribution in [0.5, 0.6) is 5.75 Å². The van der Waals surface area contributed by atoms with E-state index in [4.69, 9.17) is 4.74 Å². The van der Waals surface area contributed by atoms with E-state index in [2.05, 4.69) is 40.0 Å². The zero-order valence-electron chi connectivity index (χ0n) is 19.2. The smallest absolute Gasteiger partial charge is 0.125 e. The van der Waals surface area contributed by atoms with Gasteiger partial charge in [0.25, 0.3) is 0 Å². The minimum absolute atomic E-state index is 0.253. The van der Waals surface area contributed by atoms with E-state index in [-0.39, 0.29) is 11.9 Å². The lowest BCUT2D eigenvalue weighted by Crippen LogP contribution is -2.16. The second kappa shape index (κ2) is 9.09. The third-order valence-corrected chi connectivity index (χ3v) is 5.95. The van der Waals surface area contributed by atoms with Crippen molar-refractivity contribution in [2.24, 2.45) is 0 Å². The molecule has 0 spiro atoms. The average molecular weight is 433 g/mol. The Kier molecular flexibility index (Phi) is 6.24. The number of hydrogen-bond acceptors (Lipinski definition) is 4. The molecule has 1 atom stereocenters. The number of nitrogens with one attached hydrogen (secondary N) is 1. The van der Waals surface area contributed by atoms with E-state index >= 15 is 0 Å². The molecule has 5 nitrogen and oxygen atoms in total. The highest BCUT2D eigenvalue weighted by molar-refractivity contribution is 5.92. The second-order valence-electron chi connectivity index (χ2n) is 8.18. The van der Waals surface area contributed by atoms with Gasteiger partial charge in [0.15, 0.2) is 0 Å². The minimum atomic E-state index is -0.257. The van der Waals surface area contributed by atoms with Crippen LogP contribution in [-0.2, 0) is 0 Å². The van der Waals surface area contributed by atoms with Gasteiger partial charge in [-0.15, -0.1) is 0 Å². The lowest BCUT2D eigenvalue weighted by molar-refractivity contribution is 0.194. The monoisotopic (exact) mass is 432 g/mol. The molecule has 0 saturated heterocycles. The summed E-state index contributed by atoms with van der Waals surface area (Å²) < 4.78 is 22.4. The molecule has 0 aliphatic rings. The molecule has 2 aromatic carbocycles. The second-order valence-corrected chi connectivity index (χ2v) is 8.18. The largest absolute Gasteiger partial charge is 0.486 e. The normalized spacial score (nSPS) is 12.3. The van der Waals surface area contributed by atoms with Crippen molar-refractivity contribution in [1.29, 1.82) is 0 Å². The van der Waals surface area contributed by atoms with Crippen LogP contribution in [0.25, 0.3) is 16.5 Å². The van der Waals surface area contributed by atoms with Crippen molar-refractivity contribution in [1.82, 2.24) is 20.1 Å². The van der Waals surface area contributed by atoms with Crippen LogP contribution < -0.4 is 10.1 Å². The highest BCUT2D eigenvalue weighted by atomic mass is 19.1. The molecule has 2 aromatic heterocycles. The van der Waals surface area contributed by atoms with Crippen LogP contribution in [0.4, 0.5) is 4.39 Å². The number of rotatable bonds is 7. The molecule has 0 fully saturated rings. The van der Waals surface area contributed by atoms with E-state index < -0.39 is 0 Å². The van der Waals surface area contributed by atoms with Crippen LogP contribution >= 0.6 is 0 Å². The molecule has 6 heteroatoms. The zero-order valence-corrected chi connectivity index (χ0v) is 19.2. The summed E-state index contributed by atoms with van der Waals surface area (Å²) in [5.74, 6) is 0.488. The summed E-state index contributed by atoms with van der Waals surface area (Å²) in [4.78, 5) is 0. The first-order valence-electron chi connectivity index (χ1n) is 10.9. The maximum absolute atomic E-state index is 13.8. The molecule has 4 rings (SSSR count). The van der Waals surface area contributed by atoms with Crippen molar-refractivity contribution in [2.45, 2.75) is 40.2 Å². The van der Waals surface area contributed by atoms with Crippen molar-refractivity contribution < 1.29 is 9.13 Å². The number of ether oxygens (including phenoxy) is 1. The van der Waals surface area contributed by atoms with Crippen molar-refractivity contribution in [3.8, 4) is 11.4 Å². The van der Waals surface area contributed by atoms with E-state index in [1.165, 1.54) is 6.07 Å². The fraction of sp³-hybridized carbons (Fsp3) is 0.308. The number of benzene rings is 2. The van der Waals surface area contributed by atoms with E-state index in [9.17, 15) is 4.39 Å². The van der Waals surface area contributed by atoms with Crippen LogP contribution in [0.2, 0.25) is 0 Å². The number of fused-ring (bicyclic) bond motifs is 1. The number of hydrogen-bond donors (Lipinski definition) is 1. The summed E-state index contributed by atoms with van der Waals surface area (Å²) in [5.41, 5.74) is 5.95. The van der Waals surface area contributed by atoms with Gasteiger partial charge in [0, 0.05) is 40.3 Å². The molecule has 166 valence electrons. The van der Waals surface area contributed by atoms with Gasteiger partial charge < -0.3 is 14.6 Å².